The van der Waals surface area contributed by atoms with E-state index in [2.05, 4.69) is 19.9 Å². The quantitative estimate of drug-likeness (QED) is 0.844. The van der Waals surface area contributed by atoms with Crippen LogP contribution in [-0.4, -0.2) is 30.2 Å². The van der Waals surface area contributed by atoms with Gasteiger partial charge in [-0.2, -0.15) is 10.2 Å². The van der Waals surface area contributed by atoms with Crippen LogP contribution < -0.4 is 9.46 Å². The minimum atomic E-state index is -3.84. The van der Waals surface area contributed by atoms with E-state index in [9.17, 15) is 8.42 Å². The van der Waals surface area contributed by atoms with Gasteiger partial charge in [0.25, 0.3) is 10.0 Å². The fraction of sp³-hybridized carbons (Fsp3) is 0.182. The number of nitrogens with zero attached hydrogens (tertiary/aromatic N) is 3. The van der Waals surface area contributed by atoms with Crippen LogP contribution in [0.15, 0.2) is 29.2 Å². The van der Waals surface area contributed by atoms with E-state index in [0.29, 0.717) is 6.61 Å². The molecule has 8 nitrogen and oxygen atoms in total. The van der Waals surface area contributed by atoms with Crippen LogP contribution >= 0.6 is 0 Å². The first-order valence-electron chi connectivity index (χ1n) is 5.63. The zero-order valence-electron chi connectivity index (χ0n) is 10.5. The van der Waals surface area contributed by atoms with Crippen LogP contribution in [0, 0.1) is 11.3 Å². The standard InChI is InChI=1S/C11H11N5O3S/c1-2-19-11-13-10(14-15-11)16-20(17,18)9-5-3-4-8(6-9)7-12/h3-6H,2H2,1H3,(H2,13,14,15,16). The van der Waals surface area contributed by atoms with Crippen LogP contribution in [0.3, 0.4) is 0 Å². The van der Waals surface area contributed by atoms with Crippen molar-refractivity contribution in [2.75, 3.05) is 11.3 Å². The van der Waals surface area contributed by atoms with E-state index in [1.54, 1.807) is 6.92 Å². The van der Waals surface area contributed by atoms with Crippen LogP contribution in [0.4, 0.5) is 5.95 Å². The summed E-state index contributed by atoms with van der Waals surface area (Å²) in [6.45, 7) is 2.13. The number of nitriles is 1. The lowest BCUT2D eigenvalue weighted by molar-refractivity contribution is 0.314. The Morgan fingerprint density at radius 2 is 2.30 bits per heavy atom. The second-order valence-electron chi connectivity index (χ2n) is 3.64. The van der Waals surface area contributed by atoms with Gasteiger partial charge in [-0.1, -0.05) is 6.07 Å². The van der Waals surface area contributed by atoms with Gasteiger partial charge in [-0.15, -0.1) is 5.10 Å². The van der Waals surface area contributed by atoms with E-state index >= 15 is 0 Å². The minimum Gasteiger partial charge on any atom is -0.463 e. The molecule has 1 heterocycles. The normalized spacial score (nSPS) is 10.8. The molecule has 0 aliphatic carbocycles. The number of hydrogen-bond acceptors (Lipinski definition) is 6. The maximum atomic E-state index is 12.1. The number of H-pyrrole nitrogens is 1. The molecule has 0 atom stereocenters. The summed E-state index contributed by atoms with van der Waals surface area (Å²) >= 11 is 0. The van der Waals surface area contributed by atoms with Gasteiger partial charge >= 0.3 is 6.01 Å². The Kier molecular flexibility index (Phi) is 3.86. The van der Waals surface area contributed by atoms with E-state index in [-0.39, 0.29) is 22.4 Å². The Bertz CT molecular complexity index is 747. The summed E-state index contributed by atoms with van der Waals surface area (Å²) in [5, 5.41) is 14.9. The van der Waals surface area contributed by atoms with Gasteiger partial charge in [-0.05, 0) is 25.1 Å². The number of anilines is 1. The SMILES string of the molecule is CCOc1n[nH]c(NS(=O)(=O)c2cccc(C#N)c2)n1. The molecule has 2 aromatic rings. The van der Waals surface area contributed by atoms with E-state index in [4.69, 9.17) is 10.00 Å². The number of nitrogens with one attached hydrogen (secondary N) is 2. The second-order valence-corrected chi connectivity index (χ2v) is 5.33. The second kappa shape index (κ2) is 5.58. The fourth-order valence-corrected chi connectivity index (χ4v) is 2.41. The third-order valence-electron chi connectivity index (χ3n) is 2.24. The van der Waals surface area contributed by atoms with Gasteiger partial charge in [0.15, 0.2) is 0 Å². The van der Waals surface area contributed by atoms with Crippen molar-refractivity contribution in [3.63, 3.8) is 0 Å². The average Bonchev–Trinajstić information content (AvgIpc) is 2.86. The predicted octanol–water partition coefficient (Wildman–Crippen LogP) is 0.876. The van der Waals surface area contributed by atoms with Gasteiger partial charge < -0.3 is 4.74 Å². The van der Waals surface area contributed by atoms with Gasteiger partial charge in [0.2, 0.25) is 5.95 Å². The number of benzene rings is 1. The van der Waals surface area contributed by atoms with Gasteiger partial charge in [-0.3, -0.25) is 0 Å². The summed E-state index contributed by atoms with van der Waals surface area (Å²) in [6.07, 6.45) is 0. The summed E-state index contributed by atoms with van der Waals surface area (Å²) in [4.78, 5) is 3.77. The Morgan fingerprint density at radius 3 is 3.00 bits per heavy atom. The van der Waals surface area contributed by atoms with Gasteiger partial charge in [0.1, 0.15) is 0 Å². The number of hydrogen-bond donors (Lipinski definition) is 2. The summed E-state index contributed by atoms with van der Waals surface area (Å²) in [7, 11) is -3.84. The maximum Gasteiger partial charge on any atom is 0.337 e. The number of ether oxygens (including phenoxy) is 1. The number of rotatable bonds is 5. The molecule has 0 saturated carbocycles. The molecule has 20 heavy (non-hydrogen) atoms. The molecular weight excluding hydrogens is 282 g/mol. The first-order valence-corrected chi connectivity index (χ1v) is 7.11. The molecule has 1 aromatic heterocycles. The molecule has 104 valence electrons. The van der Waals surface area contributed by atoms with Gasteiger partial charge in [0.05, 0.1) is 23.1 Å². The lowest BCUT2D eigenvalue weighted by atomic mass is 10.2. The Balaban J connectivity index is 2.24. The van der Waals surface area contributed by atoms with Crippen molar-refractivity contribution in [3.8, 4) is 12.1 Å². The highest BCUT2D eigenvalue weighted by atomic mass is 32.2. The summed E-state index contributed by atoms with van der Waals surface area (Å²) in [6, 6.07) is 7.57. The molecule has 2 rings (SSSR count). The van der Waals surface area contributed by atoms with Crippen molar-refractivity contribution in [1.82, 2.24) is 15.2 Å². The van der Waals surface area contributed by atoms with Gasteiger partial charge in [0, 0.05) is 0 Å². The summed E-state index contributed by atoms with van der Waals surface area (Å²) < 4.78 is 31.4. The van der Waals surface area contributed by atoms with Crippen molar-refractivity contribution in [2.45, 2.75) is 11.8 Å². The van der Waals surface area contributed by atoms with Crippen LogP contribution in [0.2, 0.25) is 0 Å². The molecule has 1 aromatic carbocycles. The first kappa shape index (κ1) is 13.8. The highest BCUT2D eigenvalue weighted by Crippen LogP contribution is 2.15. The zero-order valence-corrected chi connectivity index (χ0v) is 11.3. The lowest BCUT2D eigenvalue weighted by Gasteiger charge is -2.04. The molecule has 0 unspecified atom stereocenters. The maximum absolute atomic E-state index is 12.1. The van der Waals surface area contributed by atoms with E-state index in [0.717, 1.165) is 0 Å². The third kappa shape index (κ3) is 3.04. The number of sulfonamides is 1. The zero-order chi connectivity index (χ0) is 14.6. The molecule has 0 aliphatic heterocycles. The van der Waals surface area contributed by atoms with Crippen LogP contribution in [0.5, 0.6) is 6.01 Å². The van der Waals surface area contributed by atoms with Crippen LogP contribution in [0.1, 0.15) is 12.5 Å². The minimum absolute atomic E-state index is 0.0362. The summed E-state index contributed by atoms with van der Waals surface area (Å²) in [5.41, 5.74) is 0.250. The van der Waals surface area contributed by atoms with Crippen molar-refractivity contribution >= 4 is 16.0 Å². The molecule has 0 spiro atoms. The highest BCUT2D eigenvalue weighted by molar-refractivity contribution is 7.92. The Hall–Kier alpha value is -2.60. The van der Waals surface area contributed by atoms with Crippen LogP contribution in [-0.2, 0) is 10.0 Å². The van der Waals surface area contributed by atoms with E-state index < -0.39 is 10.0 Å². The third-order valence-corrected chi connectivity index (χ3v) is 3.58. The fourth-order valence-electron chi connectivity index (χ4n) is 1.40. The van der Waals surface area contributed by atoms with Crippen molar-refractivity contribution in [2.24, 2.45) is 0 Å². The average molecular weight is 293 g/mol. The Morgan fingerprint density at radius 1 is 1.50 bits per heavy atom. The largest absolute Gasteiger partial charge is 0.463 e. The number of aromatic amines is 1. The molecule has 9 heteroatoms. The first-order chi connectivity index (χ1) is 9.55. The molecule has 0 radical (unpaired) electrons. The predicted molar refractivity (Wildman–Crippen MR) is 69.5 cm³/mol. The number of aromatic nitrogens is 3. The van der Waals surface area contributed by atoms with Gasteiger partial charge in [-0.25, -0.2) is 18.2 Å². The van der Waals surface area contributed by atoms with E-state index in [1.807, 2.05) is 6.07 Å². The molecule has 0 fully saturated rings. The van der Waals surface area contributed by atoms with Crippen molar-refractivity contribution in [3.05, 3.63) is 29.8 Å². The molecule has 0 bridgehead atoms. The van der Waals surface area contributed by atoms with E-state index in [1.165, 1.54) is 24.3 Å². The summed E-state index contributed by atoms with van der Waals surface area (Å²) in [5.74, 6) is -0.0594. The highest BCUT2D eigenvalue weighted by Gasteiger charge is 2.17. The smallest absolute Gasteiger partial charge is 0.337 e. The lowest BCUT2D eigenvalue weighted by Crippen LogP contribution is -2.14. The molecular formula is C11H11N5O3S. The Labute approximate surface area is 115 Å². The molecule has 0 aliphatic rings. The molecule has 0 amide bonds. The molecule has 2 N–H and O–H groups in total. The van der Waals surface area contributed by atoms with Crippen molar-refractivity contribution < 1.29 is 13.2 Å². The monoisotopic (exact) mass is 293 g/mol. The van der Waals surface area contributed by atoms with Crippen molar-refractivity contribution in [1.29, 1.82) is 5.26 Å². The molecule has 0 saturated heterocycles. The van der Waals surface area contributed by atoms with Crippen LogP contribution in [0.25, 0.3) is 0 Å². The topological polar surface area (TPSA) is 121 Å².